The number of hydrogen-bond acceptors (Lipinski definition) is 4. The zero-order valence-corrected chi connectivity index (χ0v) is 11.6. The molecule has 3 aliphatic rings. The first kappa shape index (κ1) is 12.9. The van der Waals surface area contributed by atoms with Crippen LogP contribution in [-0.4, -0.2) is 66.5 Å². The number of amides is 3. The molecule has 106 valence electrons. The van der Waals surface area contributed by atoms with E-state index in [1.54, 1.807) is 0 Å². The first-order valence-electron chi connectivity index (χ1n) is 7.04. The fourth-order valence-electron chi connectivity index (χ4n) is 3.73. The molecule has 3 amide bonds. The number of carbonyl (C=O) groups excluding carboxylic acids is 2. The van der Waals surface area contributed by atoms with Crippen LogP contribution in [-0.2, 0) is 4.79 Å². The summed E-state index contributed by atoms with van der Waals surface area (Å²) in [6, 6.07) is -0.246. The molecule has 0 aromatic carbocycles. The second-order valence-electron chi connectivity index (χ2n) is 6.34. The van der Waals surface area contributed by atoms with Gasteiger partial charge in [-0.25, -0.2) is 4.79 Å². The predicted octanol–water partition coefficient (Wildman–Crippen LogP) is -0.532. The summed E-state index contributed by atoms with van der Waals surface area (Å²) in [6.45, 7) is 8.88. The Hall–Kier alpha value is -1.14. The lowest BCUT2D eigenvalue weighted by atomic mass is 9.85. The third-order valence-electron chi connectivity index (χ3n) is 5.00. The van der Waals surface area contributed by atoms with Crippen LogP contribution in [0.15, 0.2) is 0 Å². The summed E-state index contributed by atoms with van der Waals surface area (Å²) in [5, 5.41) is 6.10. The fraction of sp³-hybridized carbons (Fsp3) is 0.846. The molecular weight excluding hydrogens is 244 g/mol. The van der Waals surface area contributed by atoms with E-state index >= 15 is 0 Å². The van der Waals surface area contributed by atoms with Gasteiger partial charge in [-0.05, 0) is 32.2 Å². The van der Waals surface area contributed by atoms with Gasteiger partial charge in [-0.15, -0.1) is 0 Å². The average Bonchev–Trinajstić information content (AvgIpc) is 3.00. The monoisotopic (exact) mass is 266 g/mol. The van der Waals surface area contributed by atoms with Crippen molar-refractivity contribution in [3.05, 3.63) is 0 Å². The number of nitrogens with one attached hydrogen (secondary N) is 2. The van der Waals surface area contributed by atoms with Crippen molar-refractivity contribution in [2.75, 3.05) is 39.3 Å². The summed E-state index contributed by atoms with van der Waals surface area (Å²) in [7, 11) is 0. The molecular formula is C13H22N4O2. The molecule has 0 aromatic rings. The topological polar surface area (TPSA) is 64.7 Å². The number of imide groups is 1. The molecule has 0 aromatic heterocycles. The molecule has 3 saturated heterocycles. The molecule has 3 rings (SSSR count). The zero-order chi connectivity index (χ0) is 13.6. The van der Waals surface area contributed by atoms with Crippen LogP contribution in [0, 0.1) is 11.8 Å². The predicted molar refractivity (Wildman–Crippen MR) is 70.6 cm³/mol. The third kappa shape index (κ3) is 2.03. The van der Waals surface area contributed by atoms with Gasteiger partial charge in [0.25, 0.3) is 0 Å². The van der Waals surface area contributed by atoms with E-state index < -0.39 is 0 Å². The van der Waals surface area contributed by atoms with Gasteiger partial charge in [0.2, 0.25) is 5.91 Å². The molecule has 6 heteroatoms. The lowest BCUT2D eigenvalue weighted by Gasteiger charge is -2.35. The second-order valence-corrected chi connectivity index (χ2v) is 6.34. The highest BCUT2D eigenvalue weighted by Crippen LogP contribution is 2.40. The molecule has 0 aliphatic carbocycles. The third-order valence-corrected chi connectivity index (χ3v) is 5.00. The van der Waals surface area contributed by atoms with Gasteiger partial charge in [0.1, 0.15) is 0 Å². The molecule has 19 heavy (non-hydrogen) atoms. The first-order valence-corrected chi connectivity index (χ1v) is 7.04. The summed E-state index contributed by atoms with van der Waals surface area (Å²) >= 11 is 0. The SMILES string of the molecule is CC1(C)C2CNCC2CN1CC(=O)N1CCNC1=O. The molecule has 6 nitrogen and oxygen atoms in total. The van der Waals surface area contributed by atoms with Crippen molar-refractivity contribution in [3.8, 4) is 0 Å². The van der Waals surface area contributed by atoms with Crippen LogP contribution >= 0.6 is 0 Å². The van der Waals surface area contributed by atoms with Gasteiger partial charge in [-0.1, -0.05) is 0 Å². The summed E-state index contributed by atoms with van der Waals surface area (Å²) in [6.07, 6.45) is 0. The van der Waals surface area contributed by atoms with Crippen LogP contribution in [0.25, 0.3) is 0 Å². The van der Waals surface area contributed by atoms with E-state index in [0.29, 0.717) is 31.5 Å². The molecule has 0 spiro atoms. The Morgan fingerprint density at radius 2 is 2.21 bits per heavy atom. The van der Waals surface area contributed by atoms with Crippen LogP contribution in [0.1, 0.15) is 13.8 Å². The maximum Gasteiger partial charge on any atom is 0.324 e. The van der Waals surface area contributed by atoms with E-state index in [1.165, 1.54) is 4.90 Å². The van der Waals surface area contributed by atoms with E-state index in [1.807, 2.05) is 0 Å². The maximum atomic E-state index is 12.2. The Morgan fingerprint density at radius 3 is 2.84 bits per heavy atom. The molecule has 3 aliphatic heterocycles. The molecule has 0 bridgehead atoms. The number of rotatable bonds is 2. The second kappa shape index (κ2) is 4.45. The Labute approximate surface area is 113 Å². The smallest absolute Gasteiger partial charge is 0.324 e. The maximum absolute atomic E-state index is 12.2. The van der Waals surface area contributed by atoms with E-state index in [2.05, 4.69) is 29.4 Å². The van der Waals surface area contributed by atoms with Crippen molar-refractivity contribution in [2.45, 2.75) is 19.4 Å². The molecule has 3 fully saturated rings. The highest BCUT2D eigenvalue weighted by atomic mass is 16.2. The molecule has 2 unspecified atom stereocenters. The fourth-order valence-corrected chi connectivity index (χ4v) is 3.73. The quantitative estimate of drug-likeness (QED) is 0.705. The summed E-state index contributed by atoms with van der Waals surface area (Å²) in [4.78, 5) is 27.3. The number of urea groups is 1. The standard InChI is InChI=1S/C13H22N4O2/c1-13(2)10-6-14-5-9(10)7-16(13)8-11(18)17-4-3-15-12(17)19/h9-10,14H,3-8H2,1-2H3,(H,15,19). The highest BCUT2D eigenvalue weighted by Gasteiger charge is 2.50. The van der Waals surface area contributed by atoms with Crippen molar-refractivity contribution in [3.63, 3.8) is 0 Å². The van der Waals surface area contributed by atoms with Crippen LogP contribution in [0.2, 0.25) is 0 Å². The van der Waals surface area contributed by atoms with Gasteiger partial charge < -0.3 is 10.6 Å². The normalized spacial score (nSPS) is 33.6. The van der Waals surface area contributed by atoms with E-state index in [4.69, 9.17) is 0 Å². The van der Waals surface area contributed by atoms with Crippen molar-refractivity contribution in [1.82, 2.24) is 20.4 Å². The molecule has 0 saturated carbocycles. The number of hydrogen-bond donors (Lipinski definition) is 2. The number of likely N-dealkylation sites (tertiary alicyclic amines) is 1. The summed E-state index contributed by atoms with van der Waals surface area (Å²) < 4.78 is 0. The molecule has 2 N–H and O–H groups in total. The van der Waals surface area contributed by atoms with Gasteiger partial charge >= 0.3 is 6.03 Å². The van der Waals surface area contributed by atoms with Crippen molar-refractivity contribution < 1.29 is 9.59 Å². The van der Waals surface area contributed by atoms with E-state index in [-0.39, 0.29) is 17.5 Å². The Kier molecular flexibility index (Phi) is 3.02. The largest absolute Gasteiger partial charge is 0.336 e. The lowest BCUT2D eigenvalue weighted by molar-refractivity contribution is -0.129. The first-order chi connectivity index (χ1) is 9.00. The van der Waals surface area contributed by atoms with Crippen molar-refractivity contribution in [2.24, 2.45) is 11.8 Å². The zero-order valence-electron chi connectivity index (χ0n) is 11.6. The number of carbonyl (C=O) groups is 2. The minimum Gasteiger partial charge on any atom is -0.336 e. The van der Waals surface area contributed by atoms with Gasteiger partial charge in [0.05, 0.1) is 6.54 Å². The lowest BCUT2D eigenvalue weighted by Crippen LogP contribution is -2.50. The Balaban J connectivity index is 1.67. The van der Waals surface area contributed by atoms with E-state index in [9.17, 15) is 9.59 Å². The summed E-state index contributed by atoms with van der Waals surface area (Å²) in [5.41, 5.74) is 0.0278. The van der Waals surface area contributed by atoms with Crippen LogP contribution in [0.4, 0.5) is 4.79 Å². The Morgan fingerprint density at radius 1 is 1.42 bits per heavy atom. The highest BCUT2D eigenvalue weighted by molar-refractivity contribution is 5.96. The van der Waals surface area contributed by atoms with E-state index in [0.717, 1.165) is 19.6 Å². The van der Waals surface area contributed by atoms with Crippen molar-refractivity contribution in [1.29, 1.82) is 0 Å². The average molecular weight is 266 g/mol. The Bertz CT molecular complexity index is 409. The van der Waals surface area contributed by atoms with Crippen LogP contribution < -0.4 is 10.6 Å². The molecule has 0 radical (unpaired) electrons. The van der Waals surface area contributed by atoms with Gasteiger partial charge in [-0.3, -0.25) is 14.6 Å². The summed E-state index contributed by atoms with van der Waals surface area (Å²) in [5.74, 6) is 1.17. The number of fused-ring (bicyclic) bond motifs is 1. The van der Waals surface area contributed by atoms with Gasteiger partial charge in [-0.2, -0.15) is 0 Å². The molecule has 2 atom stereocenters. The van der Waals surface area contributed by atoms with Crippen molar-refractivity contribution >= 4 is 11.9 Å². The minimum absolute atomic E-state index is 0.0278. The number of nitrogens with zero attached hydrogens (tertiary/aromatic N) is 2. The molecule has 3 heterocycles. The van der Waals surface area contributed by atoms with Gasteiger partial charge in [0.15, 0.2) is 0 Å². The van der Waals surface area contributed by atoms with Gasteiger partial charge in [0, 0.05) is 31.7 Å². The van der Waals surface area contributed by atoms with Crippen LogP contribution in [0.5, 0.6) is 0 Å². The van der Waals surface area contributed by atoms with Crippen LogP contribution in [0.3, 0.4) is 0 Å². The minimum atomic E-state index is -0.246.